The van der Waals surface area contributed by atoms with E-state index in [9.17, 15) is 35.8 Å². The number of unbranched alkanes of at least 4 members (excludes halogenated alkanes) is 1. The van der Waals surface area contributed by atoms with Crippen molar-refractivity contribution in [2.45, 2.75) is 62.1 Å². The average molecular weight is 390 g/mol. The largest absolute Gasteiger partial charge is 0.459 e. The minimum absolute atomic E-state index is 0.00938. The van der Waals surface area contributed by atoms with Crippen LogP contribution >= 0.6 is 0 Å². The zero-order valence-electron chi connectivity index (χ0n) is 13.9. The molecule has 0 saturated heterocycles. The van der Waals surface area contributed by atoms with Crippen LogP contribution < -0.4 is 0 Å². The number of alkyl halides is 7. The molecule has 0 aliphatic heterocycles. The van der Waals surface area contributed by atoms with Crippen molar-refractivity contribution in [3.05, 3.63) is 35.9 Å². The maximum atomic E-state index is 13.7. The summed E-state index contributed by atoms with van der Waals surface area (Å²) in [6.07, 6.45) is -9.14. The first-order chi connectivity index (χ1) is 11.8. The van der Waals surface area contributed by atoms with E-state index in [1.165, 1.54) is 0 Å². The molecule has 0 aromatic heterocycles. The first-order valence-electron chi connectivity index (χ1n) is 8.04. The van der Waals surface area contributed by atoms with Crippen LogP contribution in [0.5, 0.6) is 0 Å². The molecule has 0 aliphatic carbocycles. The lowest BCUT2D eigenvalue weighted by atomic mass is 9.83. The maximum Gasteiger partial charge on any atom is 0.459 e. The highest BCUT2D eigenvalue weighted by Gasteiger charge is 2.73. The van der Waals surface area contributed by atoms with Crippen molar-refractivity contribution >= 4 is 0 Å². The number of hydrogen-bond donors (Lipinski definition) is 2. The molecule has 9 heteroatoms. The molecule has 26 heavy (non-hydrogen) atoms. The summed E-state index contributed by atoms with van der Waals surface area (Å²) in [4.78, 5) is 0. The van der Waals surface area contributed by atoms with Gasteiger partial charge in [0.2, 0.25) is 0 Å². The molecule has 150 valence electrons. The molecule has 2 nitrogen and oxygen atoms in total. The zero-order chi connectivity index (χ0) is 20.1. The van der Waals surface area contributed by atoms with E-state index < -0.39 is 42.9 Å². The van der Waals surface area contributed by atoms with Gasteiger partial charge in [0.15, 0.2) is 0 Å². The highest BCUT2D eigenvalue weighted by Crippen LogP contribution is 2.50. The summed E-state index contributed by atoms with van der Waals surface area (Å²) in [5, 5.41) is 19.1. The first kappa shape index (κ1) is 22.7. The summed E-state index contributed by atoms with van der Waals surface area (Å²) in [5.74, 6) is -11.7. The van der Waals surface area contributed by atoms with Gasteiger partial charge in [-0.3, -0.25) is 0 Å². The Balaban J connectivity index is 2.96. The summed E-state index contributed by atoms with van der Waals surface area (Å²) >= 11 is 0. The summed E-state index contributed by atoms with van der Waals surface area (Å²) in [6.45, 7) is -0.316. The van der Waals surface area contributed by atoms with Crippen LogP contribution in [0.3, 0.4) is 0 Å². The Morgan fingerprint density at radius 3 is 1.88 bits per heavy atom. The van der Waals surface area contributed by atoms with Gasteiger partial charge in [-0.15, -0.1) is 0 Å². The third kappa shape index (κ3) is 5.84. The summed E-state index contributed by atoms with van der Waals surface area (Å²) in [5.41, 5.74) is -1.80. The molecule has 1 aromatic carbocycles. The van der Waals surface area contributed by atoms with Crippen molar-refractivity contribution in [1.82, 2.24) is 0 Å². The van der Waals surface area contributed by atoms with Crippen LogP contribution in [0.1, 0.15) is 37.7 Å². The Morgan fingerprint density at radius 1 is 0.808 bits per heavy atom. The molecule has 1 atom stereocenters. The van der Waals surface area contributed by atoms with Gasteiger partial charge >= 0.3 is 18.0 Å². The highest BCUT2D eigenvalue weighted by molar-refractivity contribution is 5.15. The van der Waals surface area contributed by atoms with Gasteiger partial charge in [-0.25, -0.2) is 0 Å². The van der Waals surface area contributed by atoms with Crippen molar-refractivity contribution < 1.29 is 40.9 Å². The summed E-state index contributed by atoms with van der Waals surface area (Å²) < 4.78 is 90.8. The first-order valence-corrected chi connectivity index (χ1v) is 8.04. The van der Waals surface area contributed by atoms with E-state index in [2.05, 4.69) is 0 Å². The Morgan fingerprint density at radius 2 is 1.38 bits per heavy atom. The van der Waals surface area contributed by atoms with Gasteiger partial charge < -0.3 is 10.2 Å². The van der Waals surface area contributed by atoms with Crippen LogP contribution in [0.15, 0.2) is 30.3 Å². The Kier molecular flexibility index (Phi) is 7.47. The van der Waals surface area contributed by atoms with E-state index >= 15 is 0 Å². The molecular weight excluding hydrogens is 369 g/mol. The molecule has 0 saturated carbocycles. The molecule has 1 aromatic rings. The normalized spacial score (nSPS) is 15.7. The Bertz CT molecular complexity index is 546. The minimum Gasteiger partial charge on any atom is -0.396 e. The number of aryl methyl sites for hydroxylation is 1. The van der Waals surface area contributed by atoms with Gasteiger partial charge in [-0.05, 0) is 37.7 Å². The highest BCUT2D eigenvalue weighted by atomic mass is 19.4. The molecule has 0 amide bonds. The number of halogens is 7. The van der Waals surface area contributed by atoms with Crippen molar-refractivity contribution in [3.63, 3.8) is 0 Å². The fraction of sp³-hybridized carbons (Fsp3) is 0.647. The van der Waals surface area contributed by atoms with Crippen LogP contribution in [-0.2, 0) is 6.42 Å². The van der Waals surface area contributed by atoms with Crippen LogP contribution in [0.4, 0.5) is 30.7 Å². The van der Waals surface area contributed by atoms with Gasteiger partial charge in [0.1, 0.15) is 0 Å². The van der Waals surface area contributed by atoms with Crippen molar-refractivity contribution in [3.8, 4) is 0 Å². The SMILES string of the molecule is OCCCCC(O)(CCc1ccccc1)CC(F)(F)C(F)(F)C(F)(F)F. The second-order valence-corrected chi connectivity index (χ2v) is 6.34. The van der Waals surface area contributed by atoms with Gasteiger partial charge in [0, 0.05) is 13.0 Å². The Hall–Kier alpha value is -1.35. The quantitative estimate of drug-likeness (QED) is 0.448. The third-order valence-corrected chi connectivity index (χ3v) is 4.14. The van der Waals surface area contributed by atoms with Crippen molar-refractivity contribution in [2.75, 3.05) is 6.61 Å². The second-order valence-electron chi connectivity index (χ2n) is 6.34. The van der Waals surface area contributed by atoms with Gasteiger partial charge in [-0.2, -0.15) is 30.7 Å². The van der Waals surface area contributed by atoms with Crippen molar-refractivity contribution in [2.24, 2.45) is 0 Å². The molecule has 0 heterocycles. The number of benzene rings is 1. The predicted octanol–water partition coefficient (Wildman–Crippen LogP) is 4.74. The summed E-state index contributed by atoms with van der Waals surface area (Å²) in [7, 11) is 0. The van der Waals surface area contributed by atoms with Crippen LogP contribution in [-0.4, -0.2) is 40.4 Å². The maximum absolute atomic E-state index is 13.7. The standard InChI is InChI=1S/C17H21F7O2/c18-15(19,16(20,21)17(22,23)24)12-14(26,9-4-5-11-25)10-8-13-6-2-1-3-7-13/h1-3,6-7,25-26H,4-5,8-12H2. The topological polar surface area (TPSA) is 40.5 Å². The fourth-order valence-corrected chi connectivity index (χ4v) is 2.62. The van der Waals surface area contributed by atoms with E-state index in [-0.39, 0.29) is 25.9 Å². The summed E-state index contributed by atoms with van der Waals surface area (Å²) in [6, 6.07) is 8.22. The lowest BCUT2D eigenvalue weighted by molar-refractivity contribution is -0.361. The molecule has 0 aliphatic rings. The smallest absolute Gasteiger partial charge is 0.396 e. The molecule has 0 radical (unpaired) electrons. The lowest BCUT2D eigenvalue weighted by Crippen LogP contribution is -2.55. The zero-order valence-corrected chi connectivity index (χ0v) is 13.9. The molecule has 1 unspecified atom stereocenters. The number of hydrogen-bond acceptors (Lipinski definition) is 2. The van der Waals surface area contributed by atoms with Crippen LogP contribution in [0.25, 0.3) is 0 Å². The lowest BCUT2D eigenvalue weighted by Gasteiger charge is -2.36. The average Bonchev–Trinajstić information content (AvgIpc) is 2.53. The van der Waals surface area contributed by atoms with Gasteiger partial charge in [0.05, 0.1) is 5.60 Å². The predicted molar refractivity (Wildman–Crippen MR) is 81.2 cm³/mol. The molecule has 0 fully saturated rings. The number of rotatable bonds is 10. The Labute approximate surface area is 146 Å². The van der Waals surface area contributed by atoms with Crippen LogP contribution in [0.2, 0.25) is 0 Å². The minimum atomic E-state index is -6.43. The third-order valence-electron chi connectivity index (χ3n) is 4.14. The van der Waals surface area contributed by atoms with E-state index in [4.69, 9.17) is 5.11 Å². The fourth-order valence-electron chi connectivity index (χ4n) is 2.62. The molecule has 1 rings (SSSR count). The molecule has 2 N–H and O–H groups in total. The monoisotopic (exact) mass is 390 g/mol. The molecular formula is C17H21F7O2. The van der Waals surface area contributed by atoms with Gasteiger partial charge in [0.25, 0.3) is 0 Å². The van der Waals surface area contributed by atoms with E-state index in [0.29, 0.717) is 5.56 Å². The number of aliphatic hydroxyl groups excluding tert-OH is 1. The molecule has 0 bridgehead atoms. The van der Waals surface area contributed by atoms with Crippen molar-refractivity contribution in [1.29, 1.82) is 0 Å². The molecule has 0 spiro atoms. The number of aliphatic hydroxyl groups is 2. The van der Waals surface area contributed by atoms with Gasteiger partial charge in [-0.1, -0.05) is 30.3 Å². The van der Waals surface area contributed by atoms with E-state index in [1.807, 2.05) is 0 Å². The van der Waals surface area contributed by atoms with E-state index in [0.717, 1.165) is 0 Å². The van der Waals surface area contributed by atoms with Crippen LogP contribution in [0, 0.1) is 0 Å². The second kappa shape index (κ2) is 8.56. The van der Waals surface area contributed by atoms with E-state index in [1.54, 1.807) is 30.3 Å².